The van der Waals surface area contributed by atoms with Crippen LogP contribution in [0.15, 0.2) is 12.1 Å². The lowest BCUT2D eigenvalue weighted by molar-refractivity contribution is -0.149. The second-order valence-corrected chi connectivity index (χ2v) is 12.9. The fourth-order valence-corrected chi connectivity index (χ4v) is 5.66. The molecule has 4 rings (SSSR count). The molecule has 2 amide bonds. The maximum Gasteiger partial charge on any atom is 0.408 e. The highest BCUT2D eigenvalue weighted by Crippen LogP contribution is 2.38. The van der Waals surface area contributed by atoms with Crippen LogP contribution in [0.4, 0.5) is 14.9 Å². The lowest BCUT2D eigenvalue weighted by Gasteiger charge is -2.30. The quantitative estimate of drug-likeness (QED) is 0.405. The van der Waals surface area contributed by atoms with Gasteiger partial charge in [-0.15, -0.1) is 0 Å². The van der Waals surface area contributed by atoms with Crippen LogP contribution in [0.25, 0.3) is 5.69 Å². The van der Waals surface area contributed by atoms with E-state index in [-0.39, 0.29) is 41.1 Å². The van der Waals surface area contributed by atoms with Crippen molar-refractivity contribution in [2.75, 3.05) is 11.9 Å². The highest BCUT2D eigenvalue weighted by atomic mass is 19.1. The smallest absolute Gasteiger partial charge is 0.408 e. The van der Waals surface area contributed by atoms with Gasteiger partial charge in [0.2, 0.25) is 0 Å². The summed E-state index contributed by atoms with van der Waals surface area (Å²) < 4.78 is 27.6. The molecule has 0 aliphatic heterocycles. The standard InChI is InChI=1S/C30H40FN5O6/c1-16-25-22(13-30(5,6)14-23(25)37)36(35-16)18-11-20(31)26(27(32)39)21(12-18)34-17-7-9-19(10-8-17)41-24(38)15-33-28(40)42-29(2,3)4/h11-12,17,19,34H,7-10,13-15H2,1-6H3,(H2,32,39)(H,33,40). The molecule has 1 aromatic heterocycles. The number of Topliss-reactive ketones (excluding diaryl/α,β-unsaturated/α-hetero) is 1. The summed E-state index contributed by atoms with van der Waals surface area (Å²) in [5.41, 5.74) is 6.84. The summed E-state index contributed by atoms with van der Waals surface area (Å²) in [6.07, 6.45) is 2.20. The first-order valence-electron chi connectivity index (χ1n) is 14.2. The monoisotopic (exact) mass is 585 g/mol. The minimum absolute atomic E-state index is 0.00987. The van der Waals surface area contributed by atoms with Crippen molar-refractivity contribution in [3.8, 4) is 5.69 Å². The van der Waals surface area contributed by atoms with Crippen molar-refractivity contribution < 1.29 is 33.0 Å². The van der Waals surface area contributed by atoms with Crippen LogP contribution in [0.2, 0.25) is 0 Å². The molecule has 0 radical (unpaired) electrons. The van der Waals surface area contributed by atoms with Gasteiger partial charge in [0.25, 0.3) is 5.91 Å². The molecule has 4 N–H and O–H groups in total. The number of primary amides is 1. The maximum atomic E-state index is 15.3. The first kappa shape index (κ1) is 31.0. The molecule has 0 bridgehead atoms. The molecule has 1 saturated carbocycles. The summed E-state index contributed by atoms with van der Waals surface area (Å²) >= 11 is 0. The molecule has 42 heavy (non-hydrogen) atoms. The van der Waals surface area contributed by atoms with Gasteiger partial charge in [-0.25, -0.2) is 13.9 Å². The Morgan fingerprint density at radius 2 is 1.81 bits per heavy atom. The zero-order valence-corrected chi connectivity index (χ0v) is 25.1. The van der Waals surface area contributed by atoms with Gasteiger partial charge in [0.1, 0.15) is 24.1 Å². The van der Waals surface area contributed by atoms with Crippen LogP contribution in [-0.2, 0) is 20.7 Å². The molecule has 0 saturated heterocycles. The van der Waals surface area contributed by atoms with Crippen molar-refractivity contribution >= 4 is 29.4 Å². The number of esters is 1. The van der Waals surface area contributed by atoms with Gasteiger partial charge >= 0.3 is 12.1 Å². The summed E-state index contributed by atoms with van der Waals surface area (Å²) in [5.74, 6) is -2.25. The number of amides is 2. The fraction of sp³-hybridized carbons (Fsp3) is 0.567. The van der Waals surface area contributed by atoms with E-state index in [1.54, 1.807) is 38.4 Å². The Morgan fingerprint density at radius 3 is 2.43 bits per heavy atom. The highest BCUT2D eigenvalue weighted by molar-refractivity contribution is 6.00. The van der Waals surface area contributed by atoms with Gasteiger partial charge in [0.15, 0.2) is 5.78 Å². The van der Waals surface area contributed by atoms with E-state index in [2.05, 4.69) is 15.7 Å². The topological polar surface area (TPSA) is 155 Å². The van der Waals surface area contributed by atoms with Crippen molar-refractivity contribution in [2.45, 2.75) is 97.8 Å². The second kappa shape index (κ2) is 11.7. The number of carbonyl (C=O) groups excluding carboxylic acids is 4. The highest BCUT2D eigenvalue weighted by Gasteiger charge is 2.36. The van der Waals surface area contributed by atoms with Crippen LogP contribution in [0, 0.1) is 18.2 Å². The van der Waals surface area contributed by atoms with E-state index in [0.717, 1.165) is 5.69 Å². The number of anilines is 1. The summed E-state index contributed by atoms with van der Waals surface area (Å²) in [4.78, 5) is 49.1. The average Bonchev–Trinajstić information content (AvgIpc) is 3.17. The van der Waals surface area contributed by atoms with E-state index < -0.39 is 29.4 Å². The number of aryl methyl sites for hydroxylation is 1. The molecule has 0 unspecified atom stereocenters. The van der Waals surface area contributed by atoms with Gasteiger partial charge in [0.05, 0.1) is 33.9 Å². The van der Waals surface area contributed by atoms with Crippen LogP contribution < -0.4 is 16.4 Å². The van der Waals surface area contributed by atoms with Gasteiger partial charge in [-0.3, -0.25) is 14.4 Å². The average molecular weight is 586 g/mol. The summed E-state index contributed by atoms with van der Waals surface area (Å²) in [5, 5.41) is 10.2. The summed E-state index contributed by atoms with van der Waals surface area (Å²) in [6, 6.07) is 2.71. The molecule has 12 heteroatoms. The Hall–Kier alpha value is -3.96. The van der Waals surface area contributed by atoms with Gasteiger partial charge in [-0.05, 0) is 71.3 Å². The van der Waals surface area contributed by atoms with Crippen LogP contribution in [0.1, 0.15) is 98.8 Å². The van der Waals surface area contributed by atoms with E-state index in [0.29, 0.717) is 55.5 Å². The van der Waals surface area contributed by atoms with E-state index >= 15 is 4.39 Å². The van der Waals surface area contributed by atoms with Gasteiger partial charge in [-0.1, -0.05) is 13.8 Å². The maximum absolute atomic E-state index is 15.3. The number of ether oxygens (including phenoxy) is 2. The van der Waals surface area contributed by atoms with Crippen LogP contribution >= 0.6 is 0 Å². The SMILES string of the molecule is Cc1nn(-c2cc(F)c(C(N)=O)c(NC3CCC(OC(=O)CNC(=O)OC(C)(C)C)CC3)c2)c2c1C(=O)CC(C)(C)C2. The number of fused-ring (bicyclic) bond motifs is 1. The molecule has 0 atom stereocenters. The van der Waals surface area contributed by atoms with Crippen LogP contribution in [0.3, 0.4) is 0 Å². The summed E-state index contributed by atoms with van der Waals surface area (Å²) in [6.45, 7) is 10.6. The Bertz CT molecular complexity index is 1400. The minimum atomic E-state index is -0.906. The number of halogens is 1. The third-order valence-corrected chi connectivity index (χ3v) is 7.39. The zero-order valence-electron chi connectivity index (χ0n) is 25.1. The van der Waals surface area contributed by atoms with Crippen molar-refractivity contribution in [1.29, 1.82) is 0 Å². The lowest BCUT2D eigenvalue weighted by atomic mass is 9.75. The third kappa shape index (κ3) is 7.27. The van der Waals surface area contributed by atoms with E-state index in [1.807, 2.05) is 13.8 Å². The van der Waals surface area contributed by atoms with Gasteiger partial charge in [-0.2, -0.15) is 5.10 Å². The molecule has 1 fully saturated rings. The normalized spacial score (nSPS) is 19.9. The van der Waals surface area contributed by atoms with Crippen molar-refractivity contribution in [1.82, 2.24) is 15.1 Å². The number of benzene rings is 1. The number of ketones is 1. The fourth-order valence-electron chi connectivity index (χ4n) is 5.66. The molecular formula is C30H40FN5O6. The Kier molecular flexibility index (Phi) is 8.65. The van der Waals surface area contributed by atoms with E-state index in [1.165, 1.54) is 6.07 Å². The Morgan fingerprint density at radius 1 is 1.14 bits per heavy atom. The third-order valence-electron chi connectivity index (χ3n) is 7.39. The Balaban J connectivity index is 1.45. The van der Waals surface area contributed by atoms with E-state index in [4.69, 9.17) is 15.2 Å². The summed E-state index contributed by atoms with van der Waals surface area (Å²) in [7, 11) is 0. The predicted molar refractivity (Wildman–Crippen MR) is 153 cm³/mol. The number of nitrogens with one attached hydrogen (secondary N) is 2. The van der Waals surface area contributed by atoms with E-state index in [9.17, 15) is 19.2 Å². The number of hydrogen-bond donors (Lipinski definition) is 3. The molecule has 2 aliphatic rings. The minimum Gasteiger partial charge on any atom is -0.461 e. The first-order chi connectivity index (χ1) is 19.5. The molecule has 1 heterocycles. The molecule has 0 spiro atoms. The first-order valence-corrected chi connectivity index (χ1v) is 14.2. The molecule has 2 aliphatic carbocycles. The number of aromatic nitrogens is 2. The molecule has 1 aromatic carbocycles. The van der Waals surface area contributed by atoms with Crippen molar-refractivity contribution in [3.63, 3.8) is 0 Å². The van der Waals surface area contributed by atoms with Crippen molar-refractivity contribution in [2.24, 2.45) is 11.1 Å². The number of rotatable bonds is 7. The van der Waals surface area contributed by atoms with Crippen LogP contribution in [0.5, 0.6) is 0 Å². The Labute approximate surface area is 244 Å². The predicted octanol–water partition coefficient (Wildman–Crippen LogP) is 4.36. The largest absolute Gasteiger partial charge is 0.461 e. The number of hydrogen-bond acceptors (Lipinski definition) is 8. The number of carbonyl (C=O) groups is 4. The molecule has 2 aromatic rings. The van der Waals surface area contributed by atoms with Gasteiger partial charge < -0.3 is 25.8 Å². The van der Waals surface area contributed by atoms with Gasteiger partial charge in [0, 0.05) is 18.5 Å². The molecule has 228 valence electrons. The molecular weight excluding hydrogens is 545 g/mol. The number of nitrogens with zero attached hydrogens (tertiary/aromatic N) is 2. The molecule has 11 nitrogen and oxygen atoms in total. The second-order valence-electron chi connectivity index (χ2n) is 12.9. The van der Waals surface area contributed by atoms with Crippen molar-refractivity contribution in [3.05, 3.63) is 40.5 Å². The lowest BCUT2D eigenvalue weighted by Crippen LogP contribution is -2.38. The number of nitrogens with two attached hydrogens (primary N) is 1. The zero-order chi connectivity index (χ0) is 31.0. The van der Waals surface area contributed by atoms with Crippen LogP contribution in [-0.4, -0.2) is 57.8 Å². The number of alkyl carbamates (subject to hydrolysis) is 1.